The first-order valence-electron chi connectivity index (χ1n) is 9.12. The molecule has 0 bridgehead atoms. The largest absolute Gasteiger partial charge is 0.486 e. The van der Waals surface area contributed by atoms with E-state index in [1.165, 1.54) is 13.1 Å². The number of fused-ring (bicyclic) bond motifs is 1. The lowest BCUT2D eigenvalue weighted by molar-refractivity contribution is 0.101. The maximum atomic E-state index is 12.6. The minimum absolute atomic E-state index is 0.0617. The number of pyridine rings is 1. The van der Waals surface area contributed by atoms with Gasteiger partial charge in [-0.2, -0.15) is 0 Å². The fraction of sp³-hybridized carbons (Fsp3) is 0.136. The van der Waals surface area contributed by atoms with Crippen molar-refractivity contribution in [3.8, 4) is 11.5 Å². The Labute approximate surface area is 167 Å². The number of ketones is 1. The summed E-state index contributed by atoms with van der Waals surface area (Å²) < 4.78 is 11.1. The van der Waals surface area contributed by atoms with Crippen molar-refractivity contribution in [2.45, 2.75) is 6.92 Å². The van der Waals surface area contributed by atoms with Crippen LogP contribution in [-0.4, -0.2) is 29.9 Å². The van der Waals surface area contributed by atoms with Crippen LogP contribution in [0.2, 0.25) is 0 Å². The highest BCUT2D eigenvalue weighted by Gasteiger charge is 2.13. The molecule has 2 aromatic carbocycles. The number of nitrogens with zero attached hydrogens (tertiary/aromatic N) is 1. The summed E-state index contributed by atoms with van der Waals surface area (Å²) >= 11 is 0. The Morgan fingerprint density at radius 1 is 0.862 bits per heavy atom. The lowest BCUT2D eigenvalue weighted by atomic mass is 10.1. The fourth-order valence-corrected chi connectivity index (χ4v) is 2.94. The van der Waals surface area contributed by atoms with E-state index in [-0.39, 0.29) is 11.7 Å². The van der Waals surface area contributed by atoms with Gasteiger partial charge >= 0.3 is 0 Å². The lowest BCUT2D eigenvalue weighted by Gasteiger charge is -2.19. The molecule has 4 rings (SSSR count). The monoisotopic (exact) mass is 389 g/mol. The summed E-state index contributed by atoms with van der Waals surface area (Å²) in [6.45, 7) is 2.53. The van der Waals surface area contributed by atoms with Crippen molar-refractivity contribution in [3.63, 3.8) is 0 Å². The topological polar surface area (TPSA) is 89.6 Å². The molecule has 2 N–H and O–H groups in total. The Hall–Kier alpha value is -3.87. The second-order valence-electron chi connectivity index (χ2n) is 6.54. The van der Waals surface area contributed by atoms with E-state index in [4.69, 9.17) is 9.47 Å². The smallest absolute Gasteiger partial charge is 0.257 e. The van der Waals surface area contributed by atoms with Gasteiger partial charge in [0.15, 0.2) is 17.3 Å². The SMILES string of the molecule is CC(=O)c1cccc(NC(=O)c2cncc(Nc3ccc4c(c3)OCCO4)c2)c1. The van der Waals surface area contributed by atoms with Crippen molar-refractivity contribution in [2.75, 3.05) is 23.8 Å². The minimum Gasteiger partial charge on any atom is -0.486 e. The average molecular weight is 389 g/mol. The van der Waals surface area contributed by atoms with Crippen LogP contribution >= 0.6 is 0 Å². The molecule has 0 spiro atoms. The number of nitrogens with one attached hydrogen (secondary N) is 2. The summed E-state index contributed by atoms with van der Waals surface area (Å²) in [6, 6.07) is 14.1. The average Bonchev–Trinajstić information content (AvgIpc) is 2.74. The molecule has 29 heavy (non-hydrogen) atoms. The summed E-state index contributed by atoms with van der Waals surface area (Å²) in [5, 5.41) is 6.00. The number of rotatable bonds is 5. The number of hydrogen-bond acceptors (Lipinski definition) is 6. The Morgan fingerprint density at radius 3 is 2.48 bits per heavy atom. The van der Waals surface area contributed by atoms with Crippen LogP contribution in [-0.2, 0) is 0 Å². The van der Waals surface area contributed by atoms with Crippen LogP contribution in [0.4, 0.5) is 17.1 Å². The number of aromatic nitrogens is 1. The lowest BCUT2D eigenvalue weighted by Crippen LogP contribution is -2.15. The highest BCUT2D eigenvalue weighted by molar-refractivity contribution is 6.05. The van der Waals surface area contributed by atoms with Gasteiger partial charge < -0.3 is 20.1 Å². The summed E-state index contributed by atoms with van der Waals surface area (Å²) in [7, 11) is 0. The van der Waals surface area contributed by atoms with Gasteiger partial charge in [0, 0.05) is 29.2 Å². The van der Waals surface area contributed by atoms with Crippen LogP contribution < -0.4 is 20.1 Å². The van der Waals surface area contributed by atoms with E-state index < -0.39 is 0 Å². The van der Waals surface area contributed by atoms with E-state index in [9.17, 15) is 9.59 Å². The maximum absolute atomic E-state index is 12.6. The highest BCUT2D eigenvalue weighted by Crippen LogP contribution is 2.33. The quantitative estimate of drug-likeness (QED) is 0.640. The molecule has 0 saturated carbocycles. The van der Waals surface area contributed by atoms with Gasteiger partial charge in [-0.25, -0.2) is 0 Å². The molecule has 2 heterocycles. The molecule has 146 valence electrons. The Bertz CT molecular complexity index is 1080. The first kappa shape index (κ1) is 18.5. The van der Waals surface area contributed by atoms with Crippen LogP contribution in [0.15, 0.2) is 60.9 Å². The van der Waals surface area contributed by atoms with Gasteiger partial charge in [-0.15, -0.1) is 0 Å². The molecule has 1 aliphatic heterocycles. The molecule has 0 unspecified atom stereocenters. The van der Waals surface area contributed by atoms with E-state index in [0.29, 0.717) is 47.2 Å². The number of hydrogen-bond donors (Lipinski definition) is 2. The van der Waals surface area contributed by atoms with Crippen LogP contribution in [0.3, 0.4) is 0 Å². The molecule has 1 aliphatic rings. The van der Waals surface area contributed by atoms with Crippen LogP contribution in [0.5, 0.6) is 11.5 Å². The second-order valence-corrected chi connectivity index (χ2v) is 6.54. The van der Waals surface area contributed by atoms with Gasteiger partial charge in [0.1, 0.15) is 13.2 Å². The van der Waals surface area contributed by atoms with Crippen molar-refractivity contribution in [2.24, 2.45) is 0 Å². The third-order valence-corrected chi connectivity index (χ3v) is 4.36. The number of Topliss-reactive ketones (excluding diaryl/α,β-unsaturated/α-hetero) is 1. The van der Waals surface area contributed by atoms with Gasteiger partial charge in [0.25, 0.3) is 5.91 Å². The van der Waals surface area contributed by atoms with Crippen LogP contribution in [0.1, 0.15) is 27.6 Å². The summed E-state index contributed by atoms with van der Waals surface area (Å²) in [5.74, 6) is 1.01. The van der Waals surface area contributed by atoms with Crippen molar-refractivity contribution in [1.82, 2.24) is 4.98 Å². The van der Waals surface area contributed by atoms with Crippen molar-refractivity contribution >= 4 is 28.8 Å². The number of ether oxygens (including phenoxy) is 2. The predicted octanol–water partition coefficient (Wildman–Crippen LogP) is 4.05. The zero-order valence-electron chi connectivity index (χ0n) is 15.8. The van der Waals surface area contributed by atoms with Gasteiger partial charge in [-0.05, 0) is 37.3 Å². The van der Waals surface area contributed by atoms with Crippen molar-refractivity contribution < 1.29 is 19.1 Å². The molecule has 0 atom stereocenters. The zero-order chi connectivity index (χ0) is 20.2. The fourth-order valence-electron chi connectivity index (χ4n) is 2.94. The van der Waals surface area contributed by atoms with E-state index in [1.807, 2.05) is 18.2 Å². The first-order chi connectivity index (χ1) is 14.1. The molecular formula is C22H19N3O4. The van der Waals surface area contributed by atoms with Crippen molar-refractivity contribution in [3.05, 3.63) is 72.1 Å². The third-order valence-electron chi connectivity index (χ3n) is 4.36. The summed E-state index contributed by atoms with van der Waals surface area (Å²) in [5.41, 5.74) is 2.93. The summed E-state index contributed by atoms with van der Waals surface area (Å²) in [6.07, 6.45) is 3.11. The molecule has 0 fully saturated rings. The molecular weight excluding hydrogens is 370 g/mol. The number of benzene rings is 2. The molecule has 1 amide bonds. The standard InChI is InChI=1S/C22H19N3O4/c1-14(26)15-3-2-4-17(9-15)25-22(27)16-10-19(13-23-12-16)24-18-5-6-20-21(11-18)29-8-7-28-20/h2-6,9-13,24H,7-8H2,1H3,(H,25,27). The highest BCUT2D eigenvalue weighted by atomic mass is 16.6. The van der Waals surface area contributed by atoms with Crippen LogP contribution in [0.25, 0.3) is 0 Å². The molecule has 1 aromatic heterocycles. The molecule has 0 aliphatic carbocycles. The van der Waals surface area contributed by atoms with Crippen molar-refractivity contribution in [1.29, 1.82) is 0 Å². The minimum atomic E-state index is -0.316. The predicted molar refractivity (Wildman–Crippen MR) is 109 cm³/mol. The molecule has 7 heteroatoms. The molecule has 7 nitrogen and oxygen atoms in total. The Kier molecular flexibility index (Phi) is 5.11. The van der Waals surface area contributed by atoms with Crippen LogP contribution in [0, 0.1) is 0 Å². The zero-order valence-corrected chi connectivity index (χ0v) is 15.8. The maximum Gasteiger partial charge on any atom is 0.257 e. The molecule has 3 aromatic rings. The van der Waals surface area contributed by atoms with E-state index in [2.05, 4.69) is 15.6 Å². The normalized spacial score (nSPS) is 12.2. The number of amides is 1. The van der Waals surface area contributed by atoms with E-state index in [0.717, 1.165) is 5.69 Å². The Balaban J connectivity index is 1.49. The first-order valence-corrected chi connectivity index (χ1v) is 9.12. The number of carbonyl (C=O) groups is 2. The van der Waals surface area contributed by atoms with Gasteiger partial charge in [-0.3, -0.25) is 14.6 Å². The van der Waals surface area contributed by atoms with Gasteiger partial charge in [0.2, 0.25) is 0 Å². The van der Waals surface area contributed by atoms with E-state index >= 15 is 0 Å². The molecule has 0 saturated heterocycles. The van der Waals surface area contributed by atoms with E-state index in [1.54, 1.807) is 36.5 Å². The Morgan fingerprint density at radius 2 is 1.66 bits per heavy atom. The number of carbonyl (C=O) groups excluding carboxylic acids is 2. The van der Waals surface area contributed by atoms with Gasteiger partial charge in [0.05, 0.1) is 17.4 Å². The second kappa shape index (κ2) is 8.02. The third kappa shape index (κ3) is 4.35. The number of anilines is 3. The molecule has 0 radical (unpaired) electrons. The summed E-state index contributed by atoms with van der Waals surface area (Å²) in [4.78, 5) is 28.2. The van der Waals surface area contributed by atoms with Gasteiger partial charge in [-0.1, -0.05) is 12.1 Å².